The van der Waals surface area contributed by atoms with Crippen molar-refractivity contribution in [3.05, 3.63) is 35.4 Å². The summed E-state index contributed by atoms with van der Waals surface area (Å²) in [5, 5.41) is 3.64. The van der Waals surface area contributed by atoms with Crippen LogP contribution >= 0.6 is 0 Å². The standard InChI is InChI=1S/C16H25N/c1-3-17-16(12-15-7-8-15)10-9-14-6-4-5-13(2)11-14/h4-6,11,15-17H,3,7-10,12H2,1-2H3. The van der Waals surface area contributed by atoms with E-state index in [2.05, 4.69) is 43.4 Å². The third-order valence-corrected chi connectivity index (χ3v) is 3.67. The van der Waals surface area contributed by atoms with Crippen molar-refractivity contribution in [1.82, 2.24) is 5.32 Å². The molecule has 1 aliphatic rings. The topological polar surface area (TPSA) is 12.0 Å². The quantitative estimate of drug-likeness (QED) is 0.754. The SMILES string of the molecule is CCNC(CCc1cccc(C)c1)CC1CC1. The first-order chi connectivity index (χ1) is 8.28. The largest absolute Gasteiger partial charge is 0.314 e. The summed E-state index contributed by atoms with van der Waals surface area (Å²) >= 11 is 0. The highest BCUT2D eigenvalue weighted by molar-refractivity contribution is 5.22. The number of benzene rings is 1. The normalized spacial score (nSPS) is 17.1. The number of hydrogen-bond acceptors (Lipinski definition) is 1. The number of hydrogen-bond donors (Lipinski definition) is 1. The molecule has 17 heavy (non-hydrogen) atoms. The highest BCUT2D eigenvalue weighted by atomic mass is 14.9. The number of rotatable bonds is 7. The molecule has 1 fully saturated rings. The van der Waals surface area contributed by atoms with Crippen molar-refractivity contribution in [3.8, 4) is 0 Å². The van der Waals surface area contributed by atoms with E-state index >= 15 is 0 Å². The average molecular weight is 231 g/mol. The smallest absolute Gasteiger partial charge is 0.00727 e. The molecule has 0 radical (unpaired) electrons. The zero-order valence-electron chi connectivity index (χ0n) is 11.2. The van der Waals surface area contributed by atoms with Gasteiger partial charge in [0, 0.05) is 6.04 Å². The molecule has 0 amide bonds. The molecule has 0 aromatic heterocycles. The minimum Gasteiger partial charge on any atom is -0.314 e. The lowest BCUT2D eigenvalue weighted by Gasteiger charge is -2.17. The van der Waals surface area contributed by atoms with E-state index in [1.54, 1.807) is 0 Å². The Bertz CT molecular complexity index is 341. The number of aryl methyl sites for hydroxylation is 2. The molecule has 1 unspecified atom stereocenters. The summed E-state index contributed by atoms with van der Waals surface area (Å²) in [7, 11) is 0. The lowest BCUT2D eigenvalue weighted by molar-refractivity contribution is 0.442. The summed E-state index contributed by atoms with van der Waals surface area (Å²) in [6.07, 6.45) is 6.82. The molecule has 1 heteroatoms. The monoisotopic (exact) mass is 231 g/mol. The van der Waals surface area contributed by atoms with E-state index in [1.165, 1.54) is 43.2 Å². The van der Waals surface area contributed by atoms with Crippen LogP contribution < -0.4 is 5.32 Å². The first-order valence-corrected chi connectivity index (χ1v) is 7.07. The average Bonchev–Trinajstić information content (AvgIpc) is 3.10. The summed E-state index contributed by atoms with van der Waals surface area (Å²) in [6, 6.07) is 9.66. The van der Waals surface area contributed by atoms with Gasteiger partial charge in [-0.2, -0.15) is 0 Å². The Kier molecular flexibility index (Phi) is 4.61. The highest BCUT2D eigenvalue weighted by Crippen LogP contribution is 2.34. The molecular weight excluding hydrogens is 206 g/mol. The molecule has 1 N–H and O–H groups in total. The van der Waals surface area contributed by atoms with Crippen molar-refractivity contribution in [3.63, 3.8) is 0 Å². The highest BCUT2D eigenvalue weighted by Gasteiger charge is 2.24. The molecule has 0 saturated heterocycles. The molecule has 94 valence electrons. The lowest BCUT2D eigenvalue weighted by Crippen LogP contribution is -2.29. The fraction of sp³-hybridized carbons (Fsp3) is 0.625. The van der Waals surface area contributed by atoms with Crippen LogP contribution in [0.1, 0.15) is 43.7 Å². The zero-order chi connectivity index (χ0) is 12.1. The van der Waals surface area contributed by atoms with Crippen LogP contribution in [0.4, 0.5) is 0 Å². The summed E-state index contributed by atoms with van der Waals surface area (Å²) in [5.74, 6) is 1.02. The lowest BCUT2D eigenvalue weighted by atomic mass is 10.00. The summed E-state index contributed by atoms with van der Waals surface area (Å²) in [6.45, 7) is 5.49. The molecule has 0 bridgehead atoms. The van der Waals surface area contributed by atoms with Crippen LogP contribution in [0, 0.1) is 12.8 Å². The van der Waals surface area contributed by atoms with Gasteiger partial charge in [-0.25, -0.2) is 0 Å². The van der Waals surface area contributed by atoms with E-state index in [0.717, 1.165) is 18.5 Å². The molecule has 0 aliphatic heterocycles. The predicted octanol–water partition coefficient (Wildman–Crippen LogP) is 3.71. The second kappa shape index (κ2) is 6.20. The van der Waals surface area contributed by atoms with E-state index in [0.29, 0.717) is 0 Å². The molecule has 1 aromatic rings. The minimum atomic E-state index is 0.730. The molecule has 1 aromatic carbocycles. The van der Waals surface area contributed by atoms with Gasteiger partial charge in [-0.05, 0) is 44.2 Å². The zero-order valence-corrected chi connectivity index (χ0v) is 11.2. The predicted molar refractivity (Wildman–Crippen MR) is 74.3 cm³/mol. The fourth-order valence-corrected chi connectivity index (χ4v) is 2.56. The van der Waals surface area contributed by atoms with E-state index in [9.17, 15) is 0 Å². The van der Waals surface area contributed by atoms with Crippen molar-refractivity contribution in [1.29, 1.82) is 0 Å². The second-order valence-electron chi connectivity index (χ2n) is 5.46. The molecule has 1 atom stereocenters. The van der Waals surface area contributed by atoms with E-state index in [1.807, 2.05) is 0 Å². The Morgan fingerprint density at radius 3 is 2.82 bits per heavy atom. The molecule has 1 nitrogen and oxygen atoms in total. The van der Waals surface area contributed by atoms with Crippen LogP contribution in [-0.2, 0) is 6.42 Å². The van der Waals surface area contributed by atoms with Crippen molar-refractivity contribution >= 4 is 0 Å². The van der Waals surface area contributed by atoms with Gasteiger partial charge in [0.1, 0.15) is 0 Å². The maximum absolute atomic E-state index is 3.64. The first-order valence-electron chi connectivity index (χ1n) is 7.07. The van der Waals surface area contributed by atoms with Crippen molar-refractivity contribution < 1.29 is 0 Å². The molecule has 1 saturated carbocycles. The Morgan fingerprint density at radius 1 is 1.35 bits per heavy atom. The molecule has 0 spiro atoms. The summed E-state index contributed by atoms with van der Waals surface area (Å²) in [5.41, 5.74) is 2.87. The summed E-state index contributed by atoms with van der Waals surface area (Å²) in [4.78, 5) is 0. The van der Waals surface area contributed by atoms with Crippen LogP contribution in [-0.4, -0.2) is 12.6 Å². The Balaban J connectivity index is 1.80. The van der Waals surface area contributed by atoms with Gasteiger partial charge in [-0.15, -0.1) is 0 Å². The van der Waals surface area contributed by atoms with Crippen LogP contribution in [0.2, 0.25) is 0 Å². The first kappa shape index (κ1) is 12.6. The van der Waals surface area contributed by atoms with E-state index in [4.69, 9.17) is 0 Å². The van der Waals surface area contributed by atoms with Gasteiger partial charge < -0.3 is 5.32 Å². The molecular formula is C16H25N. The van der Waals surface area contributed by atoms with E-state index < -0.39 is 0 Å². The van der Waals surface area contributed by atoms with Crippen LogP contribution in [0.3, 0.4) is 0 Å². The summed E-state index contributed by atoms with van der Waals surface area (Å²) < 4.78 is 0. The van der Waals surface area contributed by atoms with Crippen molar-refractivity contribution in [2.45, 2.75) is 52.0 Å². The van der Waals surface area contributed by atoms with Gasteiger partial charge >= 0.3 is 0 Å². The maximum Gasteiger partial charge on any atom is 0.00727 e. The van der Waals surface area contributed by atoms with Crippen molar-refractivity contribution in [2.24, 2.45) is 5.92 Å². The van der Waals surface area contributed by atoms with Gasteiger partial charge in [-0.1, -0.05) is 49.6 Å². The number of nitrogens with one attached hydrogen (secondary N) is 1. The van der Waals surface area contributed by atoms with Gasteiger partial charge in [0.05, 0.1) is 0 Å². The van der Waals surface area contributed by atoms with Crippen molar-refractivity contribution in [2.75, 3.05) is 6.54 Å². The second-order valence-corrected chi connectivity index (χ2v) is 5.46. The third kappa shape index (κ3) is 4.51. The van der Waals surface area contributed by atoms with Gasteiger partial charge in [-0.3, -0.25) is 0 Å². The fourth-order valence-electron chi connectivity index (χ4n) is 2.56. The maximum atomic E-state index is 3.64. The van der Waals surface area contributed by atoms with Crippen LogP contribution in [0.15, 0.2) is 24.3 Å². The molecule has 1 aliphatic carbocycles. The minimum absolute atomic E-state index is 0.730. The van der Waals surface area contributed by atoms with Crippen LogP contribution in [0.5, 0.6) is 0 Å². The molecule has 0 heterocycles. The Morgan fingerprint density at radius 2 is 2.18 bits per heavy atom. The van der Waals surface area contributed by atoms with Gasteiger partial charge in [0.2, 0.25) is 0 Å². The molecule has 2 rings (SSSR count). The van der Waals surface area contributed by atoms with Crippen LogP contribution in [0.25, 0.3) is 0 Å². The van der Waals surface area contributed by atoms with E-state index in [-0.39, 0.29) is 0 Å². The Labute approximate surface area is 106 Å². The van der Waals surface area contributed by atoms with Gasteiger partial charge in [0.15, 0.2) is 0 Å². The third-order valence-electron chi connectivity index (χ3n) is 3.67. The Hall–Kier alpha value is -0.820. The van der Waals surface area contributed by atoms with Gasteiger partial charge in [0.25, 0.3) is 0 Å².